The van der Waals surface area contributed by atoms with Gasteiger partial charge in [-0.2, -0.15) is 0 Å². The van der Waals surface area contributed by atoms with Crippen molar-refractivity contribution in [3.05, 3.63) is 0 Å². The zero-order valence-electron chi connectivity index (χ0n) is 5.98. The van der Waals surface area contributed by atoms with Gasteiger partial charge in [0.15, 0.2) is 0 Å². The Labute approximate surface area is 55.7 Å². The maximum Gasteiger partial charge on any atom is 0.0946 e. The van der Waals surface area contributed by atoms with Crippen molar-refractivity contribution in [3.8, 4) is 0 Å². The molecule has 0 rings (SSSR count). The smallest absolute Gasteiger partial charge is 0.0946 e. The van der Waals surface area contributed by atoms with Crippen LogP contribution in [0.4, 0.5) is 0 Å². The van der Waals surface area contributed by atoms with Gasteiger partial charge in [0.05, 0.1) is 13.2 Å². The van der Waals surface area contributed by atoms with Crippen molar-refractivity contribution in [3.63, 3.8) is 0 Å². The standard InChI is InChI=1S/C6H14NO2/c1-6(2,5-9)7-3-4-8/h7,9H,3-5H2,1-2H3. The fourth-order valence-corrected chi connectivity index (χ4v) is 0.445. The van der Waals surface area contributed by atoms with Crippen LogP contribution in [-0.2, 0) is 5.11 Å². The first-order chi connectivity index (χ1) is 4.12. The molecular weight excluding hydrogens is 118 g/mol. The summed E-state index contributed by atoms with van der Waals surface area (Å²) >= 11 is 0. The maximum absolute atomic E-state index is 9.95. The summed E-state index contributed by atoms with van der Waals surface area (Å²) in [6, 6.07) is 0. The molecule has 0 aromatic rings. The molecule has 0 saturated heterocycles. The molecule has 0 aliphatic heterocycles. The summed E-state index contributed by atoms with van der Waals surface area (Å²) in [7, 11) is 0. The van der Waals surface area contributed by atoms with Crippen LogP contribution in [-0.4, -0.2) is 30.4 Å². The zero-order valence-corrected chi connectivity index (χ0v) is 5.98. The molecule has 0 saturated carbocycles. The molecule has 55 valence electrons. The molecule has 1 radical (unpaired) electrons. The van der Waals surface area contributed by atoms with Crippen LogP contribution in [0.2, 0.25) is 0 Å². The van der Waals surface area contributed by atoms with Gasteiger partial charge in [-0.25, -0.2) is 5.11 Å². The van der Waals surface area contributed by atoms with Gasteiger partial charge >= 0.3 is 0 Å². The van der Waals surface area contributed by atoms with Crippen LogP contribution in [0.15, 0.2) is 0 Å². The van der Waals surface area contributed by atoms with Gasteiger partial charge in [-0.15, -0.1) is 0 Å². The lowest BCUT2D eigenvalue weighted by atomic mass is 10.1. The summed E-state index contributed by atoms with van der Waals surface area (Å²) in [6.45, 7) is 4.05. The van der Waals surface area contributed by atoms with E-state index in [2.05, 4.69) is 5.32 Å². The molecular formula is C6H14NO2. The van der Waals surface area contributed by atoms with Crippen LogP contribution < -0.4 is 5.32 Å². The SMILES string of the molecule is CC(C)(CO)NCC[O]. The summed E-state index contributed by atoms with van der Waals surface area (Å²) in [5, 5.41) is 21.5. The molecule has 0 heterocycles. The van der Waals surface area contributed by atoms with E-state index in [1.165, 1.54) is 0 Å². The second-order valence-electron chi connectivity index (χ2n) is 2.67. The van der Waals surface area contributed by atoms with Gasteiger partial charge in [0.2, 0.25) is 0 Å². The Morgan fingerprint density at radius 1 is 1.56 bits per heavy atom. The van der Waals surface area contributed by atoms with E-state index < -0.39 is 0 Å². The minimum Gasteiger partial charge on any atom is -0.394 e. The highest BCUT2D eigenvalue weighted by Crippen LogP contribution is 1.97. The highest BCUT2D eigenvalue weighted by molar-refractivity contribution is 4.74. The first-order valence-corrected chi connectivity index (χ1v) is 3.06. The third-order valence-corrected chi connectivity index (χ3v) is 1.10. The van der Waals surface area contributed by atoms with Crippen molar-refractivity contribution in [2.45, 2.75) is 19.4 Å². The van der Waals surface area contributed by atoms with Gasteiger partial charge < -0.3 is 10.4 Å². The number of hydrogen-bond donors (Lipinski definition) is 2. The molecule has 0 spiro atoms. The third kappa shape index (κ3) is 4.39. The van der Waals surface area contributed by atoms with Crippen molar-refractivity contribution >= 4 is 0 Å². The van der Waals surface area contributed by atoms with Crippen molar-refractivity contribution < 1.29 is 10.2 Å². The van der Waals surface area contributed by atoms with Gasteiger partial charge in [0.1, 0.15) is 0 Å². The van der Waals surface area contributed by atoms with Crippen molar-refractivity contribution in [2.75, 3.05) is 19.8 Å². The average Bonchev–Trinajstić information content (AvgIpc) is 1.84. The topological polar surface area (TPSA) is 52.2 Å². The second-order valence-corrected chi connectivity index (χ2v) is 2.67. The summed E-state index contributed by atoms with van der Waals surface area (Å²) in [5.41, 5.74) is -0.301. The molecule has 2 N–H and O–H groups in total. The Morgan fingerprint density at radius 3 is 2.44 bits per heavy atom. The fraction of sp³-hybridized carbons (Fsp3) is 1.00. The second kappa shape index (κ2) is 3.82. The monoisotopic (exact) mass is 132 g/mol. The van der Waals surface area contributed by atoms with E-state index in [1.807, 2.05) is 13.8 Å². The van der Waals surface area contributed by atoms with Gasteiger partial charge in [0.25, 0.3) is 0 Å². The fourth-order valence-electron chi connectivity index (χ4n) is 0.445. The Morgan fingerprint density at radius 2 is 2.11 bits per heavy atom. The number of nitrogens with one attached hydrogen (secondary N) is 1. The van der Waals surface area contributed by atoms with Gasteiger partial charge in [0, 0.05) is 12.1 Å². The summed E-state index contributed by atoms with van der Waals surface area (Å²) in [6.07, 6.45) is 0. The molecule has 0 aliphatic rings. The first-order valence-electron chi connectivity index (χ1n) is 3.06. The molecule has 0 aromatic carbocycles. The van der Waals surface area contributed by atoms with Crippen LogP contribution in [0.5, 0.6) is 0 Å². The lowest BCUT2D eigenvalue weighted by molar-refractivity contribution is 0.153. The van der Waals surface area contributed by atoms with Gasteiger partial charge in [-0.05, 0) is 13.8 Å². The molecule has 0 fully saturated rings. The summed E-state index contributed by atoms with van der Waals surface area (Å²) in [4.78, 5) is 0. The number of hydrogen-bond acceptors (Lipinski definition) is 2. The molecule has 9 heavy (non-hydrogen) atoms. The maximum atomic E-state index is 9.95. The average molecular weight is 132 g/mol. The van der Waals surface area contributed by atoms with E-state index in [0.29, 0.717) is 6.54 Å². The highest BCUT2D eigenvalue weighted by atomic mass is 16.3. The van der Waals surface area contributed by atoms with E-state index in [4.69, 9.17) is 5.11 Å². The van der Waals surface area contributed by atoms with E-state index in [0.717, 1.165) is 0 Å². The van der Waals surface area contributed by atoms with E-state index in [1.54, 1.807) is 0 Å². The van der Waals surface area contributed by atoms with E-state index in [-0.39, 0.29) is 18.8 Å². The number of aliphatic hydroxyl groups is 1. The normalized spacial score (nSPS) is 12.0. The van der Waals surface area contributed by atoms with Gasteiger partial charge in [-0.1, -0.05) is 0 Å². The first kappa shape index (κ1) is 8.88. The summed E-state index contributed by atoms with van der Waals surface area (Å²) in [5.74, 6) is 0. The molecule has 0 atom stereocenters. The van der Waals surface area contributed by atoms with E-state index >= 15 is 0 Å². The number of rotatable bonds is 4. The van der Waals surface area contributed by atoms with Crippen molar-refractivity contribution in [2.24, 2.45) is 0 Å². The van der Waals surface area contributed by atoms with Crippen LogP contribution in [0, 0.1) is 0 Å². The third-order valence-electron chi connectivity index (χ3n) is 1.10. The molecule has 0 unspecified atom stereocenters. The Bertz CT molecular complexity index is 73.5. The molecule has 3 nitrogen and oxygen atoms in total. The van der Waals surface area contributed by atoms with Crippen molar-refractivity contribution in [1.29, 1.82) is 0 Å². The van der Waals surface area contributed by atoms with Crippen LogP contribution in [0.3, 0.4) is 0 Å². The predicted molar refractivity (Wildman–Crippen MR) is 34.7 cm³/mol. The lowest BCUT2D eigenvalue weighted by Gasteiger charge is -2.22. The Balaban J connectivity index is 3.33. The van der Waals surface area contributed by atoms with Crippen LogP contribution >= 0.6 is 0 Å². The highest BCUT2D eigenvalue weighted by Gasteiger charge is 2.13. The molecule has 0 aliphatic carbocycles. The van der Waals surface area contributed by atoms with Crippen molar-refractivity contribution in [1.82, 2.24) is 5.32 Å². The van der Waals surface area contributed by atoms with E-state index in [9.17, 15) is 5.11 Å². The van der Waals surface area contributed by atoms with Crippen LogP contribution in [0.25, 0.3) is 0 Å². The molecule has 3 heteroatoms. The minimum atomic E-state index is -0.301. The molecule has 0 bridgehead atoms. The predicted octanol–water partition coefficient (Wildman–Crippen LogP) is -0.223. The zero-order chi connectivity index (χ0) is 7.33. The number of aliphatic hydroxyl groups excluding tert-OH is 1. The molecule has 0 aromatic heterocycles. The summed E-state index contributed by atoms with van der Waals surface area (Å²) < 4.78 is 0. The lowest BCUT2D eigenvalue weighted by Crippen LogP contribution is -2.43. The van der Waals surface area contributed by atoms with Gasteiger partial charge in [-0.3, -0.25) is 0 Å². The Kier molecular flexibility index (Phi) is 3.77. The minimum absolute atomic E-state index is 0.0625. The quantitative estimate of drug-likeness (QED) is 0.555. The largest absolute Gasteiger partial charge is 0.394 e. The Hall–Kier alpha value is -0.120. The van der Waals surface area contributed by atoms with Crippen LogP contribution in [0.1, 0.15) is 13.8 Å². The molecule has 0 amide bonds.